The van der Waals surface area contributed by atoms with Gasteiger partial charge in [0.2, 0.25) is 0 Å². The van der Waals surface area contributed by atoms with Crippen molar-refractivity contribution < 1.29 is 0 Å². The third kappa shape index (κ3) is 2.92. The summed E-state index contributed by atoms with van der Waals surface area (Å²) in [6.07, 6.45) is 0. The van der Waals surface area contributed by atoms with Gasteiger partial charge in [-0.15, -0.1) is 17.4 Å². The number of para-hydroxylation sites is 1. The lowest BCUT2D eigenvalue weighted by Crippen LogP contribution is -2.07. The smallest absolute Gasteiger partial charge is 0.0500 e. The first-order valence-electron chi connectivity index (χ1n) is 2.60. The zero-order valence-corrected chi connectivity index (χ0v) is 6.75. The highest BCUT2D eigenvalue weighted by Gasteiger charge is 1.81. The van der Waals surface area contributed by atoms with Crippen molar-refractivity contribution in [2.75, 3.05) is 5.43 Å². The molecule has 10 heavy (non-hydrogen) atoms. The second-order valence-electron chi connectivity index (χ2n) is 1.59. The number of rotatable bonds is 2. The molecule has 0 spiro atoms. The van der Waals surface area contributed by atoms with E-state index in [2.05, 4.69) is 10.4 Å². The molecule has 0 aliphatic heterocycles. The molecule has 0 saturated carbocycles. The van der Waals surface area contributed by atoms with Gasteiger partial charge in [0.1, 0.15) is 0 Å². The van der Waals surface area contributed by atoms with E-state index >= 15 is 0 Å². The molecule has 0 aliphatic rings. The maximum atomic E-state index is 5.17. The summed E-state index contributed by atoms with van der Waals surface area (Å²) in [7, 11) is 0. The molecule has 0 aliphatic carbocycles. The van der Waals surface area contributed by atoms with E-state index < -0.39 is 0 Å². The Balaban J connectivity index is 0.000000810. The van der Waals surface area contributed by atoms with E-state index in [-0.39, 0.29) is 12.4 Å². The summed E-state index contributed by atoms with van der Waals surface area (Å²) in [5, 5.41) is 0. The molecular weight excluding hydrogens is 171 g/mol. The lowest BCUT2D eigenvalue weighted by molar-refractivity contribution is 1.20. The van der Waals surface area contributed by atoms with E-state index in [4.69, 9.17) is 11.8 Å². The Morgan fingerprint density at radius 3 is 2.20 bits per heavy atom. The number of benzene rings is 1. The van der Waals surface area contributed by atoms with Crippen LogP contribution in [0.25, 0.3) is 0 Å². The van der Waals surface area contributed by atoms with Crippen molar-refractivity contribution in [1.29, 1.82) is 0 Å². The summed E-state index contributed by atoms with van der Waals surface area (Å²) in [6, 6.07) is 9.62. The van der Waals surface area contributed by atoms with Gasteiger partial charge < -0.3 is 5.43 Å². The number of hydrogen-bond acceptors (Lipinski definition) is 2. The molecule has 56 valence electrons. The number of nitrogens with one attached hydrogen (secondary N) is 2. The molecule has 0 unspecified atom stereocenters. The van der Waals surface area contributed by atoms with Crippen LogP contribution in [0.1, 0.15) is 0 Å². The second kappa shape index (κ2) is 5.35. The summed E-state index contributed by atoms with van der Waals surface area (Å²) in [5.74, 6) is 0. The van der Waals surface area contributed by atoms with Crippen molar-refractivity contribution in [1.82, 2.24) is 4.94 Å². The van der Waals surface area contributed by atoms with Gasteiger partial charge in [-0.1, -0.05) is 18.2 Å². The molecule has 0 bridgehead atoms. The quantitative estimate of drug-likeness (QED) is 0.537. The van der Waals surface area contributed by atoms with Crippen LogP contribution in [0.15, 0.2) is 30.3 Å². The van der Waals surface area contributed by atoms with Crippen molar-refractivity contribution in [3.05, 3.63) is 30.3 Å². The van der Waals surface area contributed by atoms with Crippen LogP contribution >= 0.6 is 24.2 Å². The Morgan fingerprint density at radius 1 is 1.10 bits per heavy atom. The lowest BCUT2D eigenvalue weighted by Gasteiger charge is -1.98. The van der Waals surface area contributed by atoms with Crippen LogP contribution < -0.4 is 10.4 Å². The van der Waals surface area contributed by atoms with E-state index in [1.165, 1.54) is 0 Å². The first-order chi connectivity index (χ1) is 4.43. The standard InChI is InChI=1S/C6H7ClN2.ClH/c7-9-8-6-4-2-1-3-5-6;/h1-5,8-9H;1H. The second-order valence-corrected chi connectivity index (χ2v) is 1.77. The zero-order chi connectivity index (χ0) is 6.53. The molecule has 0 fully saturated rings. The van der Waals surface area contributed by atoms with E-state index in [9.17, 15) is 0 Å². The highest BCUT2D eigenvalue weighted by molar-refractivity contribution is 6.13. The lowest BCUT2D eigenvalue weighted by atomic mass is 10.3. The molecule has 1 aromatic carbocycles. The Bertz CT molecular complexity index is 167. The zero-order valence-electron chi connectivity index (χ0n) is 5.17. The SMILES string of the molecule is Cl.ClNNc1ccccc1. The van der Waals surface area contributed by atoms with Crippen LogP contribution in [-0.2, 0) is 0 Å². The summed E-state index contributed by atoms with van der Waals surface area (Å²) >= 11 is 5.17. The number of hydrogen-bond donors (Lipinski definition) is 2. The molecule has 1 aromatic rings. The highest BCUT2D eigenvalue weighted by Crippen LogP contribution is 2.02. The largest absolute Gasteiger partial charge is 0.308 e. The van der Waals surface area contributed by atoms with Crippen molar-refractivity contribution in [3.63, 3.8) is 0 Å². The molecule has 2 nitrogen and oxygen atoms in total. The maximum Gasteiger partial charge on any atom is 0.0500 e. The predicted molar refractivity (Wildman–Crippen MR) is 46.3 cm³/mol. The van der Waals surface area contributed by atoms with Crippen molar-refractivity contribution in [2.24, 2.45) is 0 Å². The maximum absolute atomic E-state index is 5.17. The van der Waals surface area contributed by atoms with Gasteiger partial charge in [-0.2, -0.15) is 0 Å². The molecule has 0 aromatic heterocycles. The third-order valence-electron chi connectivity index (χ3n) is 0.965. The molecule has 0 atom stereocenters. The monoisotopic (exact) mass is 178 g/mol. The van der Waals surface area contributed by atoms with Gasteiger partial charge >= 0.3 is 0 Å². The van der Waals surface area contributed by atoms with Crippen LogP contribution in [0.3, 0.4) is 0 Å². The van der Waals surface area contributed by atoms with Crippen LogP contribution in [0, 0.1) is 0 Å². The van der Waals surface area contributed by atoms with Gasteiger partial charge in [-0.3, -0.25) is 0 Å². The Kier molecular flexibility index (Phi) is 5.12. The fourth-order valence-electron chi connectivity index (χ4n) is 0.576. The van der Waals surface area contributed by atoms with Crippen molar-refractivity contribution in [3.8, 4) is 0 Å². The van der Waals surface area contributed by atoms with E-state index in [1.54, 1.807) is 0 Å². The van der Waals surface area contributed by atoms with E-state index in [0.717, 1.165) is 5.69 Å². The first kappa shape index (κ1) is 9.56. The average Bonchev–Trinajstić information content (AvgIpc) is 1.91. The minimum Gasteiger partial charge on any atom is -0.308 e. The summed E-state index contributed by atoms with van der Waals surface area (Å²) in [5.41, 5.74) is 3.67. The summed E-state index contributed by atoms with van der Waals surface area (Å²) in [6.45, 7) is 0. The molecule has 4 heteroatoms. The molecule has 1 rings (SSSR count). The molecule has 0 radical (unpaired) electrons. The van der Waals surface area contributed by atoms with Gasteiger partial charge in [0.15, 0.2) is 0 Å². The highest BCUT2D eigenvalue weighted by atomic mass is 35.5. The predicted octanol–water partition coefficient (Wildman–Crippen LogP) is 2.18. The van der Waals surface area contributed by atoms with Gasteiger partial charge in [-0.05, 0) is 23.9 Å². The normalized spacial score (nSPS) is 8.10. The Hall–Kier alpha value is -0.440. The third-order valence-corrected chi connectivity index (χ3v) is 1.06. The molecule has 0 saturated heterocycles. The number of anilines is 1. The van der Waals surface area contributed by atoms with Gasteiger partial charge in [0.05, 0.1) is 0 Å². The van der Waals surface area contributed by atoms with Crippen LogP contribution in [-0.4, -0.2) is 0 Å². The fraction of sp³-hybridized carbons (Fsp3) is 0. The van der Waals surface area contributed by atoms with Gasteiger partial charge in [0, 0.05) is 5.69 Å². The molecule has 0 amide bonds. The number of hydrazine groups is 1. The van der Waals surface area contributed by atoms with Crippen LogP contribution in [0.2, 0.25) is 0 Å². The Morgan fingerprint density at radius 2 is 1.70 bits per heavy atom. The fourth-order valence-corrected chi connectivity index (χ4v) is 0.685. The van der Waals surface area contributed by atoms with Gasteiger partial charge in [-0.25, -0.2) is 0 Å². The molecule has 0 heterocycles. The molecule has 2 N–H and O–H groups in total. The van der Waals surface area contributed by atoms with Crippen LogP contribution in [0.4, 0.5) is 5.69 Å². The van der Waals surface area contributed by atoms with Crippen molar-refractivity contribution in [2.45, 2.75) is 0 Å². The first-order valence-corrected chi connectivity index (χ1v) is 2.98. The van der Waals surface area contributed by atoms with E-state index in [1.807, 2.05) is 30.3 Å². The van der Waals surface area contributed by atoms with Crippen molar-refractivity contribution >= 4 is 29.9 Å². The minimum absolute atomic E-state index is 0. The van der Waals surface area contributed by atoms with Crippen LogP contribution in [0.5, 0.6) is 0 Å². The summed E-state index contributed by atoms with van der Waals surface area (Å²) in [4.78, 5) is 2.31. The topological polar surface area (TPSA) is 24.1 Å². The number of halogens is 2. The summed E-state index contributed by atoms with van der Waals surface area (Å²) < 4.78 is 0. The average molecular weight is 179 g/mol. The molecular formula is C6H8Cl2N2. The Labute approximate surface area is 71.1 Å². The van der Waals surface area contributed by atoms with Gasteiger partial charge in [0.25, 0.3) is 0 Å². The van der Waals surface area contributed by atoms with E-state index in [0.29, 0.717) is 0 Å². The minimum atomic E-state index is 0.